The summed E-state index contributed by atoms with van der Waals surface area (Å²) in [6.45, 7) is 4.37. The Bertz CT molecular complexity index is 2460. The zero-order chi connectivity index (χ0) is 39.8. The number of aromatic nitrogens is 3. The lowest BCUT2D eigenvalue weighted by Gasteiger charge is -2.38. The number of carbonyl (C=O) groups is 2. The minimum atomic E-state index is -1.36. The topological polar surface area (TPSA) is 178 Å². The number of carboxylic acids is 1. The van der Waals surface area contributed by atoms with Crippen molar-refractivity contribution in [2.45, 2.75) is 19.9 Å². The highest BCUT2D eigenvalue weighted by Gasteiger charge is 2.36. The number of anilines is 3. The minimum absolute atomic E-state index is 0.0154. The lowest BCUT2D eigenvalue weighted by molar-refractivity contribution is -0.112. The van der Waals surface area contributed by atoms with E-state index in [9.17, 15) is 19.5 Å². The molecule has 2 aliphatic rings. The molecule has 1 saturated heterocycles. The summed E-state index contributed by atoms with van der Waals surface area (Å²) in [5, 5.41) is 9.50. The van der Waals surface area contributed by atoms with Gasteiger partial charge in [-0.05, 0) is 55.0 Å². The molecule has 290 valence electrons. The SMILES string of the molecule is CCn1cc(C(=O)O)c(=O)c2cc(F)c(N3CCN(CN4C(=O)/C(=N\c5ncc(Cc6cc(OC)c(OC)c(OC)c6)c(N)n5)c5cc(Br)ccc54)CC3)cc21. The van der Waals surface area contributed by atoms with Crippen molar-refractivity contribution in [2.75, 3.05) is 69.7 Å². The summed E-state index contributed by atoms with van der Waals surface area (Å²) >= 11 is 3.52. The van der Waals surface area contributed by atoms with Crippen LogP contribution < -0.4 is 35.2 Å². The molecule has 4 heterocycles. The van der Waals surface area contributed by atoms with E-state index in [2.05, 4.69) is 35.8 Å². The van der Waals surface area contributed by atoms with Gasteiger partial charge >= 0.3 is 5.97 Å². The van der Waals surface area contributed by atoms with Gasteiger partial charge in [-0.25, -0.2) is 19.2 Å². The summed E-state index contributed by atoms with van der Waals surface area (Å²) in [5.41, 5.74) is 8.95. The molecular formula is C39H38BrFN8O7. The molecule has 5 aromatic rings. The normalized spacial score (nSPS) is 15.1. The molecule has 0 aliphatic carbocycles. The van der Waals surface area contributed by atoms with E-state index in [-0.39, 0.29) is 35.4 Å². The molecule has 0 atom stereocenters. The fourth-order valence-corrected chi connectivity index (χ4v) is 7.44. The highest BCUT2D eigenvalue weighted by Crippen LogP contribution is 2.39. The Morgan fingerprint density at radius 2 is 1.71 bits per heavy atom. The zero-order valence-electron chi connectivity index (χ0n) is 31.0. The third kappa shape index (κ3) is 7.10. The Morgan fingerprint density at radius 1 is 1.00 bits per heavy atom. The first kappa shape index (κ1) is 38.2. The Hall–Kier alpha value is -6.07. The van der Waals surface area contributed by atoms with E-state index in [0.29, 0.717) is 84.4 Å². The number of hydrogen-bond acceptors (Lipinski definition) is 12. The molecular weight excluding hydrogens is 791 g/mol. The molecule has 0 spiro atoms. The standard InChI is InChI=1S/C39H38BrFN8O7/c1-5-47-19-26(38(52)53)34(50)25-16-27(41)30(17-29(25)47)48-10-8-46(9-11-48)20-49-28-7-6-23(40)15-24(28)33(37(49)51)44-39-43-18-22(36(42)45-39)12-21-13-31(54-2)35(56-4)32(14-21)55-3/h6-7,13-19H,5,8-12,20H2,1-4H3,(H,52,53)(H2,42,43,45)/b44-33-. The van der Waals surface area contributed by atoms with Crippen LogP contribution in [0.4, 0.5) is 27.5 Å². The number of ether oxygens (including phenoxy) is 3. The third-order valence-corrected chi connectivity index (χ3v) is 10.4. The fraction of sp³-hybridized carbons (Fsp3) is 0.282. The van der Waals surface area contributed by atoms with Gasteiger partial charge < -0.3 is 34.5 Å². The quantitative estimate of drug-likeness (QED) is 0.185. The van der Waals surface area contributed by atoms with E-state index < -0.39 is 22.8 Å². The number of aromatic carboxylic acids is 1. The summed E-state index contributed by atoms with van der Waals surface area (Å²) < 4.78 is 34.3. The van der Waals surface area contributed by atoms with Crippen LogP contribution in [-0.4, -0.2) is 96.3 Å². The average molecular weight is 830 g/mol. The van der Waals surface area contributed by atoms with Gasteiger partial charge in [-0.3, -0.25) is 19.4 Å². The molecule has 3 aromatic carbocycles. The number of benzene rings is 3. The van der Waals surface area contributed by atoms with E-state index in [4.69, 9.17) is 19.9 Å². The number of rotatable bonds is 11. The van der Waals surface area contributed by atoms with Gasteiger partial charge in [-0.2, -0.15) is 4.98 Å². The Balaban J connectivity index is 1.09. The van der Waals surface area contributed by atoms with Crippen LogP contribution in [0.25, 0.3) is 10.9 Å². The number of halogens is 2. The van der Waals surface area contributed by atoms with Gasteiger partial charge in [-0.1, -0.05) is 15.9 Å². The number of nitrogens with two attached hydrogens (primary N) is 1. The first-order chi connectivity index (χ1) is 26.9. The molecule has 7 rings (SSSR count). The molecule has 1 amide bonds. The molecule has 17 heteroatoms. The molecule has 15 nitrogen and oxygen atoms in total. The number of nitrogen functional groups attached to an aromatic ring is 1. The number of amides is 1. The molecule has 0 bridgehead atoms. The number of pyridine rings is 1. The number of piperazine rings is 1. The number of aryl methyl sites for hydroxylation is 1. The molecule has 56 heavy (non-hydrogen) atoms. The van der Waals surface area contributed by atoms with Crippen LogP contribution >= 0.6 is 15.9 Å². The van der Waals surface area contributed by atoms with E-state index in [1.54, 1.807) is 35.9 Å². The number of methoxy groups -OCH3 is 3. The minimum Gasteiger partial charge on any atom is -0.493 e. The number of nitrogens with zero attached hydrogens (tertiary/aromatic N) is 7. The number of hydrogen-bond donors (Lipinski definition) is 2. The van der Waals surface area contributed by atoms with Crippen molar-refractivity contribution >= 4 is 67.6 Å². The molecule has 2 aromatic heterocycles. The maximum atomic E-state index is 15.5. The van der Waals surface area contributed by atoms with Crippen LogP contribution in [-0.2, 0) is 17.8 Å². The molecule has 0 radical (unpaired) electrons. The maximum Gasteiger partial charge on any atom is 0.341 e. The predicted octanol–water partition coefficient (Wildman–Crippen LogP) is 4.86. The molecule has 3 N–H and O–H groups in total. The second kappa shape index (κ2) is 15.6. The lowest BCUT2D eigenvalue weighted by Crippen LogP contribution is -2.51. The van der Waals surface area contributed by atoms with Gasteiger partial charge in [0.25, 0.3) is 11.9 Å². The largest absolute Gasteiger partial charge is 0.493 e. The summed E-state index contributed by atoms with van der Waals surface area (Å²) in [4.78, 5) is 57.6. The molecule has 2 aliphatic heterocycles. The van der Waals surface area contributed by atoms with E-state index in [1.807, 2.05) is 42.2 Å². The highest BCUT2D eigenvalue weighted by molar-refractivity contribution is 9.10. The first-order valence-corrected chi connectivity index (χ1v) is 18.4. The van der Waals surface area contributed by atoms with E-state index in [0.717, 1.165) is 16.1 Å². The second-order valence-electron chi connectivity index (χ2n) is 13.2. The lowest BCUT2D eigenvalue weighted by atomic mass is 10.1. The van der Waals surface area contributed by atoms with Crippen molar-refractivity contribution in [1.29, 1.82) is 0 Å². The Kier molecular flexibility index (Phi) is 10.6. The highest BCUT2D eigenvalue weighted by atomic mass is 79.9. The van der Waals surface area contributed by atoms with Crippen molar-refractivity contribution in [3.8, 4) is 17.2 Å². The monoisotopic (exact) mass is 828 g/mol. The van der Waals surface area contributed by atoms with Crippen LogP contribution in [0, 0.1) is 5.82 Å². The predicted molar refractivity (Wildman–Crippen MR) is 213 cm³/mol. The van der Waals surface area contributed by atoms with Crippen molar-refractivity contribution in [3.63, 3.8) is 0 Å². The Labute approximate surface area is 328 Å². The number of aliphatic imine (C=N–C) groups is 1. The van der Waals surface area contributed by atoms with Crippen molar-refractivity contribution in [1.82, 2.24) is 19.4 Å². The Morgan fingerprint density at radius 3 is 2.34 bits per heavy atom. The smallest absolute Gasteiger partial charge is 0.341 e. The molecule has 1 fully saturated rings. The van der Waals surface area contributed by atoms with Crippen LogP contribution in [0.2, 0.25) is 0 Å². The van der Waals surface area contributed by atoms with Gasteiger partial charge in [-0.15, -0.1) is 0 Å². The summed E-state index contributed by atoms with van der Waals surface area (Å²) in [6.07, 6.45) is 3.25. The van der Waals surface area contributed by atoms with Crippen molar-refractivity contribution in [2.24, 2.45) is 4.99 Å². The van der Waals surface area contributed by atoms with Crippen molar-refractivity contribution < 1.29 is 33.3 Å². The summed E-state index contributed by atoms with van der Waals surface area (Å²) in [5.74, 6) is -0.587. The number of carbonyl (C=O) groups excluding carboxylic acids is 1. The van der Waals surface area contributed by atoms with Gasteiger partial charge in [0.05, 0.1) is 44.9 Å². The zero-order valence-corrected chi connectivity index (χ0v) is 32.6. The van der Waals surface area contributed by atoms with Gasteiger partial charge in [0, 0.05) is 72.5 Å². The first-order valence-electron chi connectivity index (χ1n) is 17.6. The van der Waals surface area contributed by atoms with Gasteiger partial charge in [0.15, 0.2) is 11.5 Å². The van der Waals surface area contributed by atoms with Crippen LogP contribution in [0.1, 0.15) is 34.0 Å². The van der Waals surface area contributed by atoms with Gasteiger partial charge in [0.1, 0.15) is 22.9 Å². The second-order valence-corrected chi connectivity index (χ2v) is 14.1. The number of carboxylic acid groups (broad SMARTS) is 1. The summed E-state index contributed by atoms with van der Waals surface area (Å²) in [7, 11) is 4.62. The average Bonchev–Trinajstić information content (AvgIpc) is 3.43. The third-order valence-electron chi connectivity index (χ3n) is 9.94. The van der Waals surface area contributed by atoms with E-state index >= 15 is 4.39 Å². The van der Waals surface area contributed by atoms with Gasteiger partial charge in [0.2, 0.25) is 11.2 Å². The van der Waals surface area contributed by atoms with Crippen LogP contribution in [0.5, 0.6) is 17.2 Å². The fourth-order valence-electron chi connectivity index (χ4n) is 7.08. The van der Waals surface area contributed by atoms with E-state index in [1.165, 1.54) is 13.3 Å². The summed E-state index contributed by atoms with van der Waals surface area (Å²) in [6, 6.07) is 11.9. The molecule has 0 unspecified atom stereocenters. The van der Waals surface area contributed by atoms with Crippen LogP contribution in [0.3, 0.4) is 0 Å². The maximum absolute atomic E-state index is 15.5. The molecule has 0 saturated carbocycles. The van der Waals surface area contributed by atoms with Crippen LogP contribution in [0.15, 0.2) is 69.1 Å². The van der Waals surface area contributed by atoms with Crippen molar-refractivity contribution in [3.05, 3.63) is 97.6 Å². The number of fused-ring (bicyclic) bond motifs is 2.